The fourth-order valence-corrected chi connectivity index (χ4v) is 8.35. The van der Waals surface area contributed by atoms with Crippen LogP contribution in [0.15, 0.2) is 11.6 Å². The zero-order valence-corrected chi connectivity index (χ0v) is 17.7. The molecule has 0 radical (unpaired) electrons. The fourth-order valence-electron chi connectivity index (χ4n) is 8.35. The van der Waals surface area contributed by atoms with Crippen molar-refractivity contribution in [3.05, 3.63) is 11.6 Å². The second kappa shape index (κ2) is 5.46. The average Bonchev–Trinajstić information content (AvgIpc) is 2.84. The predicted molar refractivity (Wildman–Crippen MR) is 106 cm³/mol. The normalized spacial score (nSPS) is 52.5. The van der Waals surface area contributed by atoms with Gasteiger partial charge in [0.05, 0.1) is 6.10 Å². The Hall–Kier alpha value is -0.630. The first-order chi connectivity index (χ1) is 12.0. The molecular weight excluding hydrogens is 320 g/mol. The second-order valence-electron chi connectivity index (χ2n) is 11.4. The molecule has 0 amide bonds. The molecule has 4 aliphatic rings. The zero-order valence-electron chi connectivity index (χ0n) is 17.7. The molecule has 4 rings (SSSR count). The van der Waals surface area contributed by atoms with Gasteiger partial charge in [0.2, 0.25) is 0 Å². The summed E-state index contributed by atoms with van der Waals surface area (Å²) in [5.41, 5.74) is 2.29. The Bertz CT molecular complexity index is 661. The van der Waals surface area contributed by atoms with Gasteiger partial charge in [-0.2, -0.15) is 0 Å². The predicted octanol–water partition coefficient (Wildman–Crippen LogP) is 5.54. The van der Waals surface area contributed by atoms with Crippen LogP contribution in [0.4, 0.5) is 0 Å². The van der Waals surface area contributed by atoms with E-state index in [0.717, 1.165) is 25.7 Å². The molecule has 26 heavy (non-hydrogen) atoms. The van der Waals surface area contributed by atoms with E-state index in [1.54, 1.807) is 5.57 Å². The minimum atomic E-state index is -0.173. The van der Waals surface area contributed by atoms with Crippen molar-refractivity contribution in [2.24, 2.45) is 39.4 Å². The molecule has 0 aromatic rings. The molecule has 3 saturated carbocycles. The molecule has 7 unspecified atom stereocenters. The van der Waals surface area contributed by atoms with Gasteiger partial charge in [-0.1, -0.05) is 46.3 Å². The Kier molecular flexibility index (Phi) is 3.93. The summed E-state index contributed by atoms with van der Waals surface area (Å²) in [6.45, 7) is 13.8. The van der Waals surface area contributed by atoms with Gasteiger partial charge in [-0.3, -0.25) is 4.79 Å². The first-order valence-corrected chi connectivity index (χ1v) is 10.9. The lowest BCUT2D eigenvalue weighted by molar-refractivity contribution is -0.136. The lowest BCUT2D eigenvalue weighted by atomic mass is 9.41. The third-order valence-electron chi connectivity index (χ3n) is 10.3. The number of aliphatic hydroxyl groups is 1. The van der Waals surface area contributed by atoms with Crippen LogP contribution in [0.2, 0.25) is 0 Å². The molecule has 0 bridgehead atoms. The zero-order chi connectivity index (χ0) is 19.1. The van der Waals surface area contributed by atoms with E-state index in [2.05, 4.69) is 40.7 Å². The van der Waals surface area contributed by atoms with Gasteiger partial charge in [0.25, 0.3) is 0 Å². The highest BCUT2D eigenvalue weighted by atomic mass is 16.3. The van der Waals surface area contributed by atoms with Crippen LogP contribution in [0.3, 0.4) is 0 Å². The molecule has 0 aliphatic heterocycles. The van der Waals surface area contributed by atoms with Crippen molar-refractivity contribution >= 4 is 5.78 Å². The third-order valence-corrected chi connectivity index (χ3v) is 10.3. The number of aliphatic hydroxyl groups excluding tert-OH is 1. The number of carbonyl (C=O) groups excluding carboxylic acids is 1. The molecule has 146 valence electrons. The van der Waals surface area contributed by atoms with Crippen LogP contribution >= 0.6 is 0 Å². The highest BCUT2D eigenvalue weighted by Gasteiger charge is 2.65. The number of fused-ring (bicyclic) bond motifs is 5. The molecular formula is C24H38O2. The summed E-state index contributed by atoms with van der Waals surface area (Å²) in [7, 11) is 0. The monoisotopic (exact) mass is 358 g/mol. The molecule has 1 N–H and O–H groups in total. The first kappa shape index (κ1) is 18.7. The van der Waals surface area contributed by atoms with Crippen molar-refractivity contribution in [1.82, 2.24) is 0 Å². The van der Waals surface area contributed by atoms with Crippen LogP contribution in [0.25, 0.3) is 0 Å². The van der Waals surface area contributed by atoms with Gasteiger partial charge >= 0.3 is 0 Å². The summed E-state index contributed by atoms with van der Waals surface area (Å²) >= 11 is 0. The van der Waals surface area contributed by atoms with Crippen LogP contribution in [-0.2, 0) is 4.79 Å². The summed E-state index contributed by atoms with van der Waals surface area (Å²) < 4.78 is 0. The third kappa shape index (κ3) is 2.06. The van der Waals surface area contributed by atoms with E-state index >= 15 is 0 Å². The van der Waals surface area contributed by atoms with Gasteiger partial charge in [0.15, 0.2) is 0 Å². The van der Waals surface area contributed by atoms with Crippen LogP contribution < -0.4 is 0 Å². The highest BCUT2D eigenvalue weighted by Crippen LogP contribution is 2.72. The smallest absolute Gasteiger partial charge is 0.133 e. The second-order valence-corrected chi connectivity index (χ2v) is 11.4. The van der Waals surface area contributed by atoms with Gasteiger partial charge < -0.3 is 5.11 Å². The quantitative estimate of drug-likeness (QED) is 0.625. The Morgan fingerprint density at radius 2 is 1.73 bits per heavy atom. The van der Waals surface area contributed by atoms with Gasteiger partial charge in [0, 0.05) is 5.92 Å². The largest absolute Gasteiger partial charge is 0.393 e. The van der Waals surface area contributed by atoms with Gasteiger partial charge in [-0.15, -0.1) is 0 Å². The van der Waals surface area contributed by atoms with E-state index in [-0.39, 0.29) is 28.3 Å². The molecule has 3 fully saturated rings. The van der Waals surface area contributed by atoms with Crippen molar-refractivity contribution in [3.63, 3.8) is 0 Å². The molecule has 2 nitrogen and oxygen atoms in total. The summed E-state index contributed by atoms with van der Waals surface area (Å²) in [6.07, 6.45) is 10.2. The van der Waals surface area contributed by atoms with E-state index in [9.17, 15) is 9.90 Å². The lowest BCUT2D eigenvalue weighted by Crippen LogP contribution is -2.58. The number of ketones is 1. The molecule has 0 aromatic heterocycles. The topological polar surface area (TPSA) is 37.3 Å². The summed E-state index contributed by atoms with van der Waals surface area (Å²) in [6, 6.07) is 0. The molecule has 7 atom stereocenters. The standard InChI is InChI=1S/C24H38O2/c1-15(25)16-9-13-24(6)18-7-8-19-21(2,3)20(26)11-12-22(19,4)17(18)10-14-23(16,24)5/h7,16-17,19-20,26H,8-14H2,1-6H3. The van der Waals surface area contributed by atoms with E-state index in [4.69, 9.17) is 0 Å². The average molecular weight is 359 g/mol. The van der Waals surface area contributed by atoms with E-state index in [0.29, 0.717) is 23.0 Å². The van der Waals surface area contributed by atoms with Crippen LogP contribution in [0.1, 0.15) is 86.5 Å². The summed E-state index contributed by atoms with van der Waals surface area (Å²) in [5, 5.41) is 10.7. The molecule has 4 aliphatic carbocycles. The van der Waals surface area contributed by atoms with Crippen molar-refractivity contribution in [2.45, 2.75) is 92.6 Å². The van der Waals surface area contributed by atoms with Crippen LogP contribution in [-0.4, -0.2) is 17.0 Å². The molecule has 0 saturated heterocycles. The van der Waals surface area contributed by atoms with Crippen molar-refractivity contribution in [1.29, 1.82) is 0 Å². The number of rotatable bonds is 1. The van der Waals surface area contributed by atoms with Gasteiger partial charge in [0.1, 0.15) is 5.78 Å². The summed E-state index contributed by atoms with van der Waals surface area (Å²) in [4.78, 5) is 12.4. The van der Waals surface area contributed by atoms with Crippen molar-refractivity contribution in [3.8, 4) is 0 Å². The van der Waals surface area contributed by atoms with Crippen molar-refractivity contribution < 1.29 is 9.90 Å². The van der Waals surface area contributed by atoms with E-state index in [1.165, 1.54) is 19.3 Å². The first-order valence-electron chi connectivity index (χ1n) is 10.9. The maximum atomic E-state index is 12.4. The molecule has 0 aromatic carbocycles. The Morgan fingerprint density at radius 3 is 2.38 bits per heavy atom. The Labute approximate surface area is 159 Å². The van der Waals surface area contributed by atoms with E-state index < -0.39 is 0 Å². The fraction of sp³-hybridized carbons (Fsp3) is 0.875. The SMILES string of the molecule is CC(=O)C1CCC2(C)C3=CCC4C(C)(C)C(O)CCC4(C)C3CCC12C. The summed E-state index contributed by atoms with van der Waals surface area (Å²) in [5.74, 6) is 1.84. The lowest BCUT2D eigenvalue weighted by Gasteiger charge is -2.64. The molecule has 2 heteroatoms. The Morgan fingerprint density at radius 1 is 1.04 bits per heavy atom. The maximum Gasteiger partial charge on any atom is 0.133 e. The maximum absolute atomic E-state index is 12.4. The minimum Gasteiger partial charge on any atom is -0.393 e. The van der Waals surface area contributed by atoms with Gasteiger partial charge in [-0.05, 0) is 85.4 Å². The van der Waals surface area contributed by atoms with Crippen LogP contribution in [0.5, 0.6) is 0 Å². The Balaban J connectivity index is 1.77. The number of Topliss-reactive ketones (excluding diaryl/α,β-unsaturated/α-hetero) is 1. The van der Waals surface area contributed by atoms with Gasteiger partial charge in [-0.25, -0.2) is 0 Å². The number of hydrogen-bond donors (Lipinski definition) is 1. The van der Waals surface area contributed by atoms with Crippen LogP contribution in [0, 0.1) is 39.4 Å². The number of hydrogen-bond acceptors (Lipinski definition) is 2. The van der Waals surface area contributed by atoms with E-state index in [1.807, 2.05) is 6.92 Å². The molecule has 0 heterocycles. The van der Waals surface area contributed by atoms with Crippen molar-refractivity contribution in [2.75, 3.05) is 0 Å². The highest BCUT2D eigenvalue weighted by molar-refractivity contribution is 5.80. The number of allylic oxidation sites excluding steroid dienone is 2. The molecule has 0 spiro atoms. The minimum absolute atomic E-state index is 0.00567. The number of carbonyl (C=O) groups is 1.